The van der Waals surface area contributed by atoms with Gasteiger partial charge in [0.05, 0.1) is 12.7 Å². The molecule has 0 N–H and O–H groups in total. The molecule has 0 aliphatic rings. The van der Waals surface area contributed by atoms with Crippen molar-refractivity contribution in [3.05, 3.63) is 41.5 Å². The fourth-order valence-electron chi connectivity index (χ4n) is 1.68. The lowest BCUT2D eigenvalue weighted by Gasteiger charge is -2.14. The van der Waals surface area contributed by atoms with E-state index >= 15 is 0 Å². The van der Waals surface area contributed by atoms with Crippen molar-refractivity contribution in [3.63, 3.8) is 0 Å². The van der Waals surface area contributed by atoms with Gasteiger partial charge in [0.1, 0.15) is 5.75 Å². The normalized spacial score (nSPS) is 9.94. The summed E-state index contributed by atoms with van der Waals surface area (Å²) in [5, 5.41) is 0. The molecule has 1 aromatic rings. The van der Waals surface area contributed by atoms with Gasteiger partial charge >= 0.3 is 5.97 Å². The van der Waals surface area contributed by atoms with Crippen molar-refractivity contribution >= 4 is 5.97 Å². The van der Waals surface area contributed by atoms with Gasteiger partial charge in [0, 0.05) is 12.7 Å². The van der Waals surface area contributed by atoms with Crippen LogP contribution in [0.4, 0.5) is 0 Å². The monoisotopic (exact) mass is 250 g/mol. The highest BCUT2D eigenvalue weighted by Gasteiger charge is 2.13. The maximum atomic E-state index is 11.5. The van der Waals surface area contributed by atoms with E-state index in [4.69, 9.17) is 14.2 Å². The first-order valence-corrected chi connectivity index (χ1v) is 5.58. The highest BCUT2D eigenvalue weighted by Crippen LogP contribution is 2.26. The van der Waals surface area contributed by atoms with Crippen molar-refractivity contribution < 1.29 is 19.0 Å². The van der Waals surface area contributed by atoms with Crippen LogP contribution in [0.5, 0.6) is 5.75 Å². The second kappa shape index (κ2) is 6.81. The lowest BCUT2D eigenvalue weighted by atomic mass is 10.0. The van der Waals surface area contributed by atoms with Crippen molar-refractivity contribution in [3.8, 4) is 5.75 Å². The summed E-state index contributed by atoms with van der Waals surface area (Å²) in [7, 11) is 2.90. The summed E-state index contributed by atoms with van der Waals surface area (Å²) in [4.78, 5) is 11.5. The number of aryl methyl sites for hydroxylation is 1. The summed E-state index contributed by atoms with van der Waals surface area (Å²) in [5.41, 5.74) is 2.42. The molecule has 18 heavy (non-hydrogen) atoms. The van der Waals surface area contributed by atoms with Crippen molar-refractivity contribution in [1.82, 2.24) is 0 Å². The second-order valence-electron chi connectivity index (χ2n) is 3.81. The van der Waals surface area contributed by atoms with Gasteiger partial charge in [-0.25, -0.2) is 4.79 Å². The van der Waals surface area contributed by atoms with Crippen LogP contribution < -0.4 is 4.74 Å². The van der Waals surface area contributed by atoms with Crippen LogP contribution in [0.15, 0.2) is 24.8 Å². The second-order valence-corrected chi connectivity index (χ2v) is 3.81. The molecule has 0 amide bonds. The van der Waals surface area contributed by atoms with E-state index in [1.54, 1.807) is 25.3 Å². The molecule has 1 rings (SSSR count). The molecule has 0 saturated carbocycles. The van der Waals surface area contributed by atoms with Gasteiger partial charge in [-0.05, 0) is 31.0 Å². The van der Waals surface area contributed by atoms with E-state index in [2.05, 4.69) is 6.58 Å². The van der Waals surface area contributed by atoms with Gasteiger partial charge in [0.2, 0.25) is 0 Å². The number of methoxy groups -OCH3 is 2. The summed E-state index contributed by atoms with van der Waals surface area (Å²) in [6, 6.07) is 3.45. The van der Waals surface area contributed by atoms with Crippen LogP contribution in [0.3, 0.4) is 0 Å². The molecular formula is C14H18O4. The molecule has 0 spiro atoms. The summed E-state index contributed by atoms with van der Waals surface area (Å²) in [6.45, 7) is 5.77. The van der Waals surface area contributed by atoms with Crippen molar-refractivity contribution in [2.75, 3.05) is 21.0 Å². The number of esters is 1. The van der Waals surface area contributed by atoms with E-state index in [1.807, 2.05) is 6.92 Å². The third-order valence-electron chi connectivity index (χ3n) is 2.53. The molecule has 0 unspecified atom stereocenters. The Balaban J connectivity index is 3.17. The zero-order chi connectivity index (χ0) is 13.5. The first kappa shape index (κ1) is 14.3. The van der Waals surface area contributed by atoms with Crippen molar-refractivity contribution in [1.29, 1.82) is 0 Å². The van der Waals surface area contributed by atoms with E-state index in [0.29, 0.717) is 17.7 Å². The minimum Gasteiger partial charge on any atom is -0.467 e. The van der Waals surface area contributed by atoms with Crippen LogP contribution in [-0.4, -0.2) is 27.0 Å². The van der Waals surface area contributed by atoms with Crippen LogP contribution >= 0.6 is 0 Å². The van der Waals surface area contributed by atoms with Gasteiger partial charge < -0.3 is 14.2 Å². The van der Waals surface area contributed by atoms with Gasteiger partial charge in [-0.3, -0.25) is 0 Å². The molecular weight excluding hydrogens is 232 g/mol. The number of rotatable bonds is 6. The van der Waals surface area contributed by atoms with Gasteiger partial charge in [-0.1, -0.05) is 6.08 Å². The Morgan fingerprint density at radius 2 is 2.11 bits per heavy atom. The number of benzene rings is 1. The lowest BCUT2D eigenvalue weighted by Crippen LogP contribution is -2.07. The van der Waals surface area contributed by atoms with Gasteiger partial charge in [-0.2, -0.15) is 0 Å². The number of carbonyl (C=O) groups excluding carboxylic acids is 1. The molecule has 0 atom stereocenters. The third kappa shape index (κ3) is 3.34. The van der Waals surface area contributed by atoms with E-state index < -0.39 is 0 Å². The fourth-order valence-corrected chi connectivity index (χ4v) is 1.68. The molecule has 1 aromatic carbocycles. The first-order valence-electron chi connectivity index (χ1n) is 5.58. The zero-order valence-electron chi connectivity index (χ0n) is 11.0. The summed E-state index contributed by atoms with van der Waals surface area (Å²) in [6.07, 6.45) is 2.46. The van der Waals surface area contributed by atoms with Gasteiger partial charge in [0.15, 0.2) is 6.79 Å². The first-order chi connectivity index (χ1) is 8.63. The van der Waals surface area contributed by atoms with Crippen molar-refractivity contribution in [2.45, 2.75) is 13.3 Å². The number of hydrogen-bond donors (Lipinski definition) is 0. The molecule has 0 aliphatic heterocycles. The smallest absolute Gasteiger partial charge is 0.337 e. The van der Waals surface area contributed by atoms with E-state index in [1.165, 1.54) is 7.11 Å². The minimum atomic E-state index is -0.384. The predicted octanol–water partition coefficient (Wildman–Crippen LogP) is 2.49. The van der Waals surface area contributed by atoms with Crippen LogP contribution in [0.2, 0.25) is 0 Å². The highest BCUT2D eigenvalue weighted by atomic mass is 16.7. The minimum absolute atomic E-state index is 0.133. The molecule has 4 nitrogen and oxygen atoms in total. The summed E-state index contributed by atoms with van der Waals surface area (Å²) < 4.78 is 15.1. The number of allylic oxidation sites excluding steroid dienone is 1. The lowest BCUT2D eigenvalue weighted by molar-refractivity contribution is 0.0497. The van der Waals surface area contributed by atoms with Crippen LogP contribution in [-0.2, 0) is 15.9 Å². The number of ether oxygens (including phenoxy) is 3. The fraction of sp³-hybridized carbons (Fsp3) is 0.357. The maximum Gasteiger partial charge on any atom is 0.337 e. The Morgan fingerprint density at radius 1 is 1.39 bits per heavy atom. The van der Waals surface area contributed by atoms with Crippen LogP contribution in [0, 0.1) is 6.92 Å². The summed E-state index contributed by atoms with van der Waals surface area (Å²) >= 11 is 0. The average molecular weight is 250 g/mol. The quantitative estimate of drug-likeness (QED) is 0.442. The molecule has 0 aromatic heterocycles. The Morgan fingerprint density at radius 3 is 2.67 bits per heavy atom. The maximum absolute atomic E-state index is 11.5. The van der Waals surface area contributed by atoms with E-state index in [9.17, 15) is 4.79 Å². The number of hydrogen-bond acceptors (Lipinski definition) is 4. The molecule has 0 saturated heterocycles. The third-order valence-corrected chi connectivity index (χ3v) is 2.53. The zero-order valence-corrected chi connectivity index (χ0v) is 11.0. The van der Waals surface area contributed by atoms with Gasteiger partial charge in [0.25, 0.3) is 0 Å². The SMILES string of the molecule is C=CCc1c(C)cc(C(=O)OC)cc1OCOC. The largest absolute Gasteiger partial charge is 0.467 e. The topological polar surface area (TPSA) is 44.8 Å². The highest BCUT2D eigenvalue weighted by molar-refractivity contribution is 5.90. The predicted molar refractivity (Wildman–Crippen MR) is 68.9 cm³/mol. The van der Waals surface area contributed by atoms with E-state index in [0.717, 1.165) is 11.1 Å². The Bertz CT molecular complexity index is 438. The van der Waals surface area contributed by atoms with E-state index in [-0.39, 0.29) is 12.8 Å². The molecule has 0 bridgehead atoms. The summed E-state index contributed by atoms with van der Waals surface area (Å²) in [5.74, 6) is 0.239. The van der Waals surface area contributed by atoms with Crippen LogP contribution in [0.25, 0.3) is 0 Å². The van der Waals surface area contributed by atoms with Crippen molar-refractivity contribution in [2.24, 2.45) is 0 Å². The number of carbonyl (C=O) groups is 1. The Kier molecular flexibility index (Phi) is 5.39. The molecule has 0 fully saturated rings. The average Bonchev–Trinajstić information content (AvgIpc) is 2.38. The molecule has 0 radical (unpaired) electrons. The molecule has 0 aliphatic carbocycles. The molecule has 0 heterocycles. The Hall–Kier alpha value is -1.81. The standard InChI is InChI=1S/C14H18O4/c1-5-6-12-10(2)7-11(14(15)17-4)8-13(12)18-9-16-3/h5,7-8H,1,6,9H2,2-4H3. The van der Waals surface area contributed by atoms with Crippen LogP contribution in [0.1, 0.15) is 21.5 Å². The van der Waals surface area contributed by atoms with Gasteiger partial charge in [-0.15, -0.1) is 6.58 Å². The Labute approximate surface area is 107 Å². The molecule has 98 valence electrons. The molecule has 4 heteroatoms.